The summed E-state index contributed by atoms with van der Waals surface area (Å²) in [6.07, 6.45) is 6.75. The first-order valence-electron chi connectivity index (χ1n) is 6.90. The minimum absolute atomic E-state index is 0.739. The first-order chi connectivity index (χ1) is 7.78. The van der Waals surface area contributed by atoms with Gasteiger partial charge in [0.1, 0.15) is 0 Å². The fraction of sp³-hybridized carbons (Fsp3) is 0.857. The van der Waals surface area contributed by atoms with Crippen LogP contribution in [0.2, 0.25) is 0 Å². The normalized spacial score (nSPS) is 25.2. The molecule has 16 heavy (non-hydrogen) atoms. The van der Waals surface area contributed by atoms with E-state index in [4.69, 9.17) is 0 Å². The van der Waals surface area contributed by atoms with Crippen molar-refractivity contribution in [1.29, 1.82) is 0 Å². The maximum atomic E-state index is 4.15. The molecule has 0 amide bonds. The first kappa shape index (κ1) is 12.1. The number of hydrogen-bond acceptors (Lipinski definition) is 2. The van der Waals surface area contributed by atoms with Crippen molar-refractivity contribution in [2.24, 2.45) is 5.92 Å². The predicted molar refractivity (Wildman–Crippen MR) is 69.6 cm³/mol. The molecule has 2 heteroatoms. The fourth-order valence-corrected chi connectivity index (χ4v) is 2.52. The standard InChI is InChI=1S/C14H26N2/c1-3-12(2)9-16(10-13-6-7-13)11-14-5-4-8-15-14/h13-15H,2-11H2,1H3. The third-order valence-electron chi connectivity index (χ3n) is 3.80. The van der Waals surface area contributed by atoms with Crippen molar-refractivity contribution < 1.29 is 0 Å². The lowest BCUT2D eigenvalue weighted by molar-refractivity contribution is 0.257. The molecule has 1 saturated carbocycles. The van der Waals surface area contributed by atoms with Crippen molar-refractivity contribution in [3.63, 3.8) is 0 Å². The van der Waals surface area contributed by atoms with E-state index in [0.29, 0.717) is 0 Å². The number of nitrogens with zero attached hydrogens (tertiary/aromatic N) is 1. The molecule has 0 aromatic rings. The van der Waals surface area contributed by atoms with Crippen LogP contribution in [0.1, 0.15) is 39.0 Å². The second kappa shape index (κ2) is 5.83. The van der Waals surface area contributed by atoms with Crippen molar-refractivity contribution in [3.05, 3.63) is 12.2 Å². The van der Waals surface area contributed by atoms with E-state index in [1.54, 1.807) is 0 Å². The van der Waals surface area contributed by atoms with Gasteiger partial charge in [-0.05, 0) is 44.6 Å². The van der Waals surface area contributed by atoms with Gasteiger partial charge in [-0.2, -0.15) is 0 Å². The van der Waals surface area contributed by atoms with Gasteiger partial charge in [0, 0.05) is 25.7 Å². The van der Waals surface area contributed by atoms with E-state index in [2.05, 4.69) is 23.7 Å². The third kappa shape index (κ3) is 3.91. The summed E-state index contributed by atoms with van der Waals surface area (Å²) in [7, 11) is 0. The van der Waals surface area contributed by atoms with Crippen LogP contribution in [-0.2, 0) is 0 Å². The molecule has 1 unspecified atom stereocenters. The Morgan fingerprint density at radius 3 is 2.69 bits per heavy atom. The molecule has 2 aliphatic rings. The van der Waals surface area contributed by atoms with Crippen LogP contribution < -0.4 is 5.32 Å². The smallest absolute Gasteiger partial charge is 0.0195 e. The van der Waals surface area contributed by atoms with Gasteiger partial charge in [0.15, 0.2) is 0 Å². The van der Waals surface area contributed by atoms with Crippen LogP contribution in [-0.4, -0.2) is 37.1 Å². The summed E-state index contributed by atoms with van der Waals surface area (Å²) < 4.78 is 0. The van der Waals surface area contributed by atoms with E-state index in [-0.39, 0.29) is 0 Å². The summed E-state index contributed by atoms with van der Waals surface area (Å²) in [5.74, 6) is 0.992. The number of hydrogen-bond donors (Lipinski definition) is 1. The second-order valence-corrected chi connectivity index (χ2v) is 5.53. The summed E-state index contributed by atoms with van der Waals surface area (Å²) in [5.41, 5.74) is 1.39. The van der Waals surface area contributed by atoms with Crippen molar-refractivity contribution in [3.8, 4) is 0 Å². The van der Waals surface area contributed by atoms with Crippen molar-refractivity contribution in [2.75, 3.05) is 26.2 Å². The Labute approximate surface area is 100 Å². The van der Waals surface area contributed by atoms with Gasteiger partial charge < -0.3 is 5.32 Å². The zero-order valence-electron chi connectivity index (χ0n) is 10.7. The minimum atomic E-state index is 0.739. The van der Waals surface area contributed by atoms with Gasteiger partial charge in [0.05, 0.1) is 0 Å². The van der Waals surface area contributed by atoms with E-state index in [0.717, 1.165) is 24.9 Å². The Morgan fingerprint density at radius 1 is 1.31 bits per heavy atom. The Morgan fingerprint density at radius 2 is 2.12 bits per heavy atom. The number of rotatable bonds is 7. The molecule has 0 aromatic carbocycles. The summed E-state index contributed by atoms with van der Waals surface area (Å²) in [5, 5.41) is 3.60. The maximum absolute atomic E-state index is 4.15. The molecule has 1 heterocycles. The van der Waals surface area contributed by atoms with Gasteiger partial charge >= 0.3 is 0 Å². The van der Waals surface area contributed by atoms with Crippen LogP contribution in [0.5, 0.6) is 0 Å². The monoisotopic (exact) mass is 222 g/mol. The molecule has 1 atom stereocenters. The van der Waals surface area contributed by atoms with E-state index in [1.165, 1.54) is 50.9 Å². The molecule has 0 aromatic heterocycles. The van der Waals surface area contributed by atoms with Crippen LogP contribution in [0.4, 0.5) is 0 Å². The molecule has 0 spiro atoms. The fourth-order valence-electron chi connectivity index (χ4n) is 2.52. The summed E-state index contributed by atoms with van der Waals surface area (Å²) >= 11 is 0. The van der Waals surface area contributed by atoms with Crippen molar-refractivity contribution >= 4 is 0 Å². The molecular weight excluding hydrogens is 196 g/mol. The quantitative estimate of drug-likeness (QED) is 0.666. The minimum Gasteiger partial charge on any atom is -0.313 e. The largest absolute Gasteiger partial charge is 0.313 e. The van der Waals surface area contributed by atoms with Crippen molar-refractivity contribution in [2.45, 2.75) is 45.1 Å². The van der Waals surface area contributed by atoms with E-state index in [1.807, 2.05) is 0 Å². The lowest BCUT2D eigenvalue weighted by Crippen LogP contribution is -2.39. The van der Waals surface area contributed by atoms with Gasteiger partial charge in [0.25, 0.3) is 0 Å². The van der Waals surface area contributed by atoms with E-state index in [9.17, 15) is 0 Å². The summed E-state index contributed by atoms with van der Waals surface area (Å²) in [6.45, 7) is 11.2. The molecule has 1 N–H and O–H groups in total. The van der Waals surface area contributed by atoms with Crippen LogP contribution >= 0.6 is 0 Å². The molecule has 0 bridgehead atoms. The molecular formula is C14H26N2. The molecule has 92 valence electrons. The molecule has 2 rings (SSSR count). The van der Waals surface area contributed by atoms with Crippen LogP contribution in [0.3, 0.4) is 0 Å². The van der Waals surface area contributed by atoms with Gasteiger partial charge in [-0.1, -0.05) is 19.1 Å². The third-order valence-corrected chi connectivity index (χ3v) is 3.80. The molecule has 1 aliphatic heterocycles. The first-order valence-corrected chi connectivity index (χ1v) is 6.90. The zero-order chi connectivity index (χ0) is 11.4. The van der Waals surface area contributed by atoms with Gasteiger partial charge in [-0.15, -0.1) is 0 Å². The van der Waals surface area contributed by atoms with Crippen LogP contribution in [0.15, 0.2) is 12.2 Å². The van der Waals surface area contributed by atoms with Crippen molar-refractivity contribution in [1.82, 2.24) is 10.2 Å². The lowest BCUT2D eigenvalue weighted by Gasteiger charge is -2.26. The Kier molecular flexibility index (Phi) is 4.42. The van der Waals surface area contributed by atoms with Crippen LogP contribution in [0.25, 0.3) is 0 Å². The van der Waals surface area contributed by atoms with Gasteiger partial charge in [0.2, 0.25) is 0 Å². The average Bonchev–Trinajstić information content (AvgIpc) is 2.93. The predicted octanol–water partition coefficient (Wildman–Crippen LogP) is 2.42. The highest BCUT2D eigenvalue weighted by atomic mass is 15.2. The van der Waals surface area contributed by atoms with Crippen LogP contribution in [0, 0.1) is 5.92 Å². The summed E-state index contributed by atoms with van der Waals surface area (Å²) in [4.78, 5) is 2.63. The van der Waals surface area contributed by atoms with E-state index < -0.39 is 0 Å². The molecule has 2 fully saturated rings. The Hall–Kier alpha value is -0.340. The Bertz CT molecular complexity index is 227. The summed E-state index contributed by atoms with van der Waals surface area (Å²) in [6, 6.07) is 0.739. The average molecular weight is 222 g/mol. The van der Waals surface area contributed by atoms with Gasteiger partial charge in [-0.25, -0.2) is 0 Å². The highest BCUT2D eigenvalue weighted by Gasteiger charge is 2.26. The highest BCUT2D eigenvalue weighted by molar-refractivity contribution is 4.97. The molecule has 0 radical (unpaired) electrons. The topological polar surface area (TPSA) is 15.3 Å². The van der Waals surface area contributed by atoms with Gasteiger partial charge in [-0.3, -0.25) is 4.90 Å². The SMILES string of the molecule is C=C(CC)CN(CC1CC1)CC1CCCN1. The molecule has 1 saturated heterocycles. The second-order valence-electron chi connectivity index (χ2n) is 5.53. The number of nitrogens with one attached hydrogen (secondary N) is 1. The molecule has 1 aliphatic carbocycles. The highest BCUT2D eigenvalue weighted by Crippen LogP contribution is 2.30. The molecule has 2 nitrogen and oxygen atoms in total. The zero-order valence-corrected chi connectivity index (χ0v) is 10.7. The lowest BCUT2D eigenvalue weighted by atomic mass is 10.1. The van der Waals surface area contributed by atoms with E-state index >= 15 is 0 Å². The Balaban J connectivity index is 1.77. The maximum Gasteiger partial charge on any atom is 0.0195 e.